The summed E-state index contributed by atoms with van der Waals surface area (Å²) >= 11 is 0. The third-order valence-corrected chi connectivity index (χ3v) is 0. The molecule has 8 nitrogen and oxygen atoms in total. The maximum Gasteiger partial charge on any atom is 3.00 e. The van der Waals surface area contributed by atoms with Gasteiger partial charge in [0.1, 0.15) is 0 Å². The number of rotatable bonds is 0. The third-order valence-electron chi connectivity index (χ3n) is 0. The van der Waals surface area contributed by atoms with Crippen molar-refractivity contribution in [3.8, 4) is 0 Å². The van der Waals surface area contributed by atoms with Gasteiger partial charge in [-0.15, -0.1) is 10.2 Å². The normalized spacial score (nSPS) is 6.07. The first kappa shape index (κ1) is 45.8. The van der Waals surface area contributed by atoms with Gasteiger partial charge in [-0.2, -0.15) is 0 Å². The summed E-state index contributed by atoms with van der Waals surface area (Å²) in [6.45, 7) is 0.972. The van der Waals surface area contributed by atoms with E-state index in [1.54, 1.807) is 0 Å². The molecule has 0 spiro atoms. The molecule has 0 aromatic carbocycles. The van der Waals surface area contributed by atoms with Crippen LogP contribution in [-0.4, -0.2) is 16.9 Å². The largest absolute Gasteiger partial charge is 3.00 e. The molecular formula is C2H7ClFe3O8+7. The fraction of sp³-hybridized carbons (Fsp3) is 0.500. The monoisotopic (exact) mass is 362 g/mol. The van der Waals surface area contributed by atoms with Crippen molar-refractivity contribution in [2.24, 2.45) is 0 Å². The van der Waals surface area contributed by atoms with Crippen molar-refractivity contribution in [3.63, 3.8) is 0 Å². The van der Waals surface area contributed by atoms with Gasteiger partial charge in [-0.3, -0.25) is 0 Å². The average Bonchev–Trinajstić information content (AvgIpc) is 1.19. The Morgan fingerprint density at radius 1 is 0.929 bits per heavy atom. The molecule has 3 radical (unpaired) electrons. The predicted molar refractivity (Wildman–Crippen MR) is 17.9 cm³/mol. The van der Waals surface area contributed by atoms with E-state index in [9.17, 15) is 0 Å². The van der Waals surface area contributed by atoms with Gasteiger partial charge in [-0.25, -0.2) is 18.6 Å². The second-order valence-corrected chi connectivity index (χ2v) is 1.63. The van der Waals surface area contributed by atoms with Crippen molar-refractivity contribution in [2.45, 2.75) is 6.92 Å². The summed E-state index contributed by atoms with van der Waals surface area (Å²) < 4.78 is 34.0. The molecule has 0 amide bonds. The molecule has 0 aromatic heterocycles. The topological polar surface area (TPSA) is 195 Å². The minimum Gasteiger partial charge on any atom is -0.550 e. The Labute approximate surface area is 113 Å². The Morgan fingerprint density at radius 2 is 0.929 bits per heavy atom. The zero-order valence-electron chi connectivity index (χ0n) is 6.39. The van der Waals surface area contributed by atoms with Crippen molar-refractivity contribution in [3.05, 3.63) is 0 Å². The van der Waals surface area contributed by atoms with E-state index < -0.39 is 16.2 Å². The van der Waals surface area contributed by atoms with Gasteiger partial charge in [0.05, 0.1) is 0 Å². The van der Waals surface area contributed by atoms with Gasteiger partial charge in [0.2, 0.25) is 0 Å². The summed E-state index contributed by atoms with van der Waals surface area (Å²) in [6, 6.07) is 0. The molecular weight excluding hydrogens is 355 g/mol. The number of aliphatic carboxylic acids is 1. The molecule has 0 atom stereocenters. The average molecular weight is 362 g/mol. The van der Waals surface area contributed by atoms with E-state index in [0.29, 0.717) is 0 Å². The van der Waals surface area contributed by atoms with Crippen LogP contribution in [0.2, 0.25) is 0 Å². The first-order valence-electron chi connectivity index (χ1n) is 1.53. The summed E-state index contributed by atoms with van der Waals surface area (Å²) in [7, 11) is -4.94. The summed E-state index contributed by atoms with van der Waals surface area (Å²) in [5, 5.41) is 8.89. The van der Waals surface area contributed by atoms with Crippen molar-refractivity contribution in [1.82, 2.24) is 0 Å². The van der Waals surface area contributed by atoms with Gasteiger partial charge in [-0.1, -0.05) is 0 Å². The van der Waals surface area contributed by atoms with Crippen LogP contribution in [0.1, 0.15) is 6.92 Å². The van der Waals surface area contributed by atoms with E-state index in [1.807, 2.05) is 0 Å². The van der Waals surface area contributed by atoms with Gasteiger partial charge < -0.3 is 20.9 Å². The molecule has 0 saturated carbocycles. The molecule has 0 aliphatic rings. The third kappa shape index (κ3) is 1640. The van der Waals surface area contributed by atoms with Crippen LogP contribution in [0, 0.1) is 10.2 Å². The molecule has 0 saturated heterocycles. The van der Waals surface area contributed by atoms with Gasteiger partial charge in [0.25, 0.3) is 0 Å². The molecule has 0 fully saturated rings. The Kier molecular flexibility index (Phi) is 77.5. The van der Waals surface area contributed by atoms with Crippen LogP contribution in [0.15, 0.2) is 0 Å². The van der Waals surface area contributed by atoms with Crippen molar-refractivity contribution < 1.29 is 101 Å². The smallest absolute Gasteiger partial charge is 0.550 e. The van der Waals surface area contributed by atoms with Crippen LogP contribution in [0.4, 0.5) is 0 Å². The molecule has 0 rings (SSSR count). The van der Waals surface area contributed by atoms with Gasteiger partial charge in [-0.05, 0) is 6.92 Å². The van der Waals surface area contributed by atoms with Gasteiger partial charge in [0, 0.05) is 5.97 Å². The molecule has 0 aromatic rings. The second-order valence-electron chi connectivity index (χ2n) is 0.870. The van der Waals surface area contributed by atoms with Crippen LogP contribution in [-0.2, 0) is 56.0 Å². The molecule has 0 heterocycles. The summed E-state index contributed by atoms with van der Waals surface area (Å²) in [5.41, 5.74) is 0. The summed E-state index contributed by atoms with van der Waals surface area (Å²) in [5.74, 6) is -1.08. The van der Waals surface area contributed by atoms with Crippen molar-refractivity contribution in [1.29, 1.82) is 0 Å². The number of halogens is 1. The Morgan fingerprint density at radius 3 is 0.929 bits per heavy atom. The van der Waals surface area contributed by atoms with Crippen LogP contribution in [0.5, 0.6) is 0 Å². The van der Waals surface area contributed by atoms with Crippen LogP contribution in [0.25, 0.3) is 0 Å². The van der Waals surface area contributed by atoms with Crippen molar-refractivity contribution >= 4 is 5.97 Å². The molecule has 4 N–H and O–H groups in total. The fourth-order valence-corrected chi connectivity index (χ4v) is 0. The van der Waals surface area contributed by atoms with E-state index in [-0.39, 0.29) is 62.2 Å². The Hall–Kier alpha value is 1.08. The molecule has 0 aliphatic carbocycles. The fourth-order valence-electron chi connectivity index (χ4n) is 0. The Bertz CT molecular complexity index is 85.1. The van der Waals surface area contributed by atoms with Crippen molar-refractivity contribution in [2.75, 3.05) is 0 Å². The summed E-state index contributed by atoms with van der Waals surface area (Å²) in [6.07, 6.45) is 0. The van der Waals surface area contributed by atoms with Crippen LogP contribution >= 0.6 is 0 Å². The van der Waals surface area contributed by atoms with E-state index in [4.69, 9.17) is 28.5 Å². The number of carbonyl (C=O) groups is 1. The molecule has 0 aliphatic heterocycles. The zero-order valence-corrected chi connectivity index (χ0v) is 10.5. The number of carboxylic acids is 1. The maximum atomic E-state index is 8.89. The van der Waals surface area contributed by atoms with Crippen LogP contribution < -0.4 is 23.7 Å². The predicted octanol–water partition coefficient (Wildman–Crippen LogP) is -7.66. The van der Waals surface area contributed by atoms with Crippen LogP contribution in [0.3, 0.4) is 0 Å². The number of hydrogen-bond acceptors (Lipinski definition) is 6. The van der Waals surface area contributed by atoms with E-state index in [1.165, 1.54) is 0 Å². The SMILES string of the molecule is CC(=O)[O-].O.O.[Fe+3].[Fe+3].[Fe+3].[O-][Cl+3]([O-])([O-])[O-]. The standard InChI is InChI=1S/C2H4O2.ClHO4.3Fe.2H2O/c1-2(3)4;2-1(3,4)5;;;;;/h1H3,(H,3,4);(H,2,3,4,5);;;;2*1H2/q;;3*+3;;/p-2. The molecule has 14 heavy (non-hydrogen) atoms. The van der Waals surface area contributed by atoms with E-state index >= 15 is 0 Å². The minimum atomic E-state index is -4.94. The maximum absolute atomic E-state index is 8.89. The second kappa shape index (κ2) is 23.7. The first-order valence-corrected chi connectivity index (χ1v) is 2.76. The molecule has 0 bridgehead atoms. The van der Waals surface area contributed by atoms with E-state index in [2.05, 4.69) is 0 Å². The minimum absolute atomic E-state index is 0. The zero-order chi connectivity index (χ0) is 8.08. The first-order chi connectivity index (χ1) is 3.73. The van der Waals surface area contributed by atoms with E-state index in [0.717, 1.165) is 6.92 Å². The quantitative estimate of drug-likeness (QED) is 0.384. The molecule has 12 heteroatoms. The number of carboxylic acid groups (broad SMARTS) is 1. The molecule has 0 unspecified atom stereocenters. The number of carbonyl (C=O) groups excluding carboxylic acids is 1. The number of hydrogen-bond donors (Lipinski definition) is 0. The van der Waals surface area contributed by atoms with Gasteiger partial charge >= 0.3 is 51.2 Å². The van der Waals surface area contributed by atoms with Gasteiger partial charge in [0.15, 0.2) is 0 Å². The molecule has 87 valence electrons. The Balaban J connectivity index is -0.0000000104. The summed E-state index contributed by atoms with van der Waals surface area (Å²) in [4.78, 5) is 8.89.